The molecule has 1 N–H and O–H groups in total. The fourth-order valence-electron chi connectivity index (χ4n) is 1.67. The van der Waals surface area contributed by atoms with Gasteiger partial charge >= 0.3 is 0 Å². The van der Waals surface area contributed by atoms with E-state index in [2.05, 4.69) is 15.9 Å². The third-order valence-electron chi connectivity index (χ3n) is 2.68. The van der Waals surface area contributed by atoms with E-state index >= 15 is 0 Å². The monoisotopic (exact) mass is 331 g/mol. The van der Waals surface area contributed by atoms with Gasteiger partial charge in [-0.05, 0) is 42.0 Å². The van der Waals surface area contributed by atoms with Crippen molar-refractivity contribution in [2.45, 2.75) is 6.61 Å². The summed E-state index contributed by atoms with van der Waals surface area (Å²) in [6.07, 6.45) is 0.641. The molecule has 0 saturated carbocycles. The van der Waals surface area contributed by atoms with E-state index in [9.17, 15) is 9.90 Å². The first-order chi connectivity index (χ1) is 9.67. The van der Waals surface area contributed by atoms with Gasteiger partial charge in [0.2, 0.25) is 0 Å². The van der Waals surface area contributed by atoms with Crippen molar-refractivity contribution in [1.82, 2.24) is 0 Å². The molecule has 0 unspecified atom stereocenters. The van der Waals surface area contributed by atoms with E-state index in [1.807, 2.05) is 6.07 Å². The summed E-state index contributed by atoms with van der Waals surface area (Å²) < 4.78 is 6.41. The number of aliphatic hydroxyl groups excluding tert-OH is 1. The first kappa shape index (κ1) is 14.3. The number of rotatable bonds is 4. The van der Waals surface area contributed by atoms with Crippen LogP contribution in [0.5, 0.6) is 11.5 Å². The van der Waals surface area contributed by atoms with Crippen LogP contribution < -0.4 is 4.74 Å². The molecule has 2 rings (SSSR count). The Bertz CT molecular complexity index is 692. The van der Waals surface area contributed by atoms with E-state index in [0.717, 1.165) is 4.47 Å². The highest BCUT2D eigenvalue weighted by molar-refractivity contribution is 9.10. The van der Waals surface area contributed by atoms with Gasteiger partial charge in [-0.1, -0.05) is 15.9 Å². The molecule has 0 amide bonds. The molecular formula is C15H10BrNO3. The van der Waals surface area contributed by atoms with Crippen molar-refractivity contribution >= 4 is 22.2 Å². The number of carbonyl (C=O) groups is 1. The summed E-state index contributed by atoms with van der Waals surface area (Å²) in [7, 11) is 0. The van der Waals surface area contributed by atoms with Gasteiger partial charge in [-0.2, -0.15) is 5.26 Å². The number of ether oxygens (including phenoxy) is 1. The number of aliphatic hydroxyl groups is 1. The maximum absolute atomic E-state index is 11.0. The molecule has 0 aliphatic rings. The largest absolute Gasteiger partial charge is 0.457 e. The summed E-state index contributed by atoms with van der Waals surface area (Å²) in [5.41, 5.74) is 1.38. The maximum Gasteiger partial charge on any atom is 0.153 e. The lowest BCUT2D eigenvalue weighted by molar-refractivity contribution is 0.112. The topological polar surface area (TPSA) is 70.3 Å². The first-order valence-corrected chi connectivity index (χ1v) is 6.53. The summed E-state index contributed by atoms with van der Waals surface area (Å²) in [5, 5.41) is 18.0. The van der Waals surface area contributed by atoms with E-state index in [4.69, 9.17) is 10.00 Å². The van der Waals surface area contributed by atoms with Crippen molar-refractivity contribution in [1.29, 1.82) is 5.26 Å². The number of hydrogen-bond donors (Lipinski definition) is 1. The number of hydrogen-bond acceptors (Lipinski definition) is 4. The number of halogens is 1. The zero-order valence-electron chi connectivity index (χ0n) is 10.3. The van der Waals surface area contributed by atoms with Crippen LogP contribution in [0.4, 0.5) is 0 Å². The van der Waals surface area contributed by atoms with Crippen LogP contribution in [-0.4, -0.2) is 11.4 Å². The minimum absolute atomic E-state index is 0.119. The molecule has 2 aromatic carbocycles. The fourth-order valence-corrected chi connectivity index (χ4v) is 2.04. The van der Waals surface area contributed by atoms with Gasteiger partial charge in [-0.25, -0.2) is 0 Å². The summed E-state index contributed by atoms with van der Waals surface area (Å²) in [6, 6.07) is 11.7. The number of benzene rings is 2. The van der Waals surface area contributed by atoms with Gasteiger partial charge in [-0.15, -0.1) is 0 Å². The van der Waals surface area contributed by atoms with E-state index in [1.54, 1.807) is 30.3 Å². The fraction of sp³-hybridized carbons (Fsp3) is 0.0667. The molecule has 2 aromatic rings. The molecule has 0 saturated heterocycles. The van der Waals surface area contributed by atoms with E-state index in [-0.39, 0.29) is 6.61 Å². The zero-order valence-corrected chi connectivity index (χ0v) is 11.9. The van der Waals surface area contributed by atoms with Crippen LogP contribution in [0, 0.1) is 11.3 Å². The van der Waals surface area contributed by atoms with E-state index in [1.165, 1.54) is 6.07 Å². The molecule has 0 radical (unpaired) electrons. The minimum Gasteiger partial charge on any atom is -0.457 e. The molecule has 0 spiro atoms. The summed E-state index contributed by atoms with van der Waals surface area (Å²) in [6.45, 7) is -0.119. The molecule has 0 atom stereocenters. The van der Waals surface area contributed by atoms with Crippen LogP contribution in [0.2, 0.25) is 0 Å². The van der Waals surface area contributed by atoms with Gasteiger partial charge in [0.15, 0.2) is 6.29 Å². The van der Waals surface area contributed by atoms with Gasteiger partial charge in [-0.3, -0.25) is 4.79 Å². The number of nitrogens with zero attached hydrogens (tertiary/aromatic N) is 1. The van der Waals surface area contributed by atoms with Gasteiger partial charge in [0.25, 0.3) is 0 Å². The standard InChI is InChI=1S/C15H10BrNO3/c16-14-3-2-13(6-11(14)8-18)20-15-4-1-10(7-17)5-12(15)9-19/h1-6,9,18H,8H2. The summed E-state index contributed by atoms with van der Waals surface area (Å²) >= 11 is 3.32. The van der Waals surface area contributed by atoms with Crippen molar-refractivity contribution in [3.05, 3.63) is 57.6 Å². The maximum atomic E-state index is 11.0. The SMILES string of the molecule is N#Cc1ccc(Oc2ccc(Br)c(CO)c2)c(C=O)c1. The van der Waals surface area contributed by atoms with Crippen LogP contribution in [-0.2, 0) is 6.61 Å². The lowest BCUT2D eigenvalue weighted by atomic mass is 10.1. The average Bonchev–Trinajstić information content (AvgIpc) is 2.49. The third-order valence-corrected chi connectivity index (χ3v) is 3.45. The molecule has 0 aliphatic heterocycles. The normalized spacial score (nSPS) is 9.85. The number of aldehydes is 1. The second-order valence-corrected chi connectivity index (χ2v) is 4.85. The first-order valence-electron chi connectivity index (χ1n) is 5.74. The van der Waals surface area contributed by atoms with Gasteiger partial charge < -0.3 is 9.84 Å². The Balaban J connectivity index is 2.35. The Morgan fingerprint density at radius 1 is 1.30 bits per heavy atom. The predicted molar refractivity (Wildman–Crippen MR) is 76.7 cm³/mol. The van der Waals surface area contributed by atoms with Crippen LogP contribution in [0.15, 0.2) is 40.9 Å². The average molecular weight is 332 g/mol. The number of carbonyl (C=O) groups excluding carboxylic acids is 1. The number of nitriles is 1. The quantitative estimate of drug-likeness (QED) is 0.871. The molecule has 5 heteroatoms. The molecule has 0 bridgehead atoms. The molecular weight excluding hydrogens is 322 g/mol. The molecule has 0 heterocycles. The van der Waals surface area contributed by atoms with Gasteiger partial charge in [0.1, 0.15) is 11.5 Å². The van der Waals surface area contributed by atoms with Crippen molar-refractivity contribution in [3.63, 3.8) is 0 Å². The molecule has 0 aliphatic carbocycles. The van der Waals surface area contributed by atoms with Crippen molar-refractivity contribution in [3.8, 4) is 17.6 Å². The van der Waals surface area contributed by atoms with Crippen molar-refractivity contribution in [2.75, 3.05) is 0 Å². The van der Waals surface area contributed by atoms with Crippen molar-refractivity contribution in [2.24, 2.45) is 0 Å². The highest BCUT2D eigenvalue weighted by atomic mass is 79.9. The Morgan fingerprint density at radius 3 is 2.75 bits per heavy atom. The second kappa shape index (κ2) is 6.33. The van der Waals surface area contributed by atoms with Crippen LogP contribution in [0.25, 0.3) is 0 Å². The van der Waals surface area contributed by atoms with Crippen LogP contribution in [0.3, 0.4) is 0 Å². The van der Waals surface area contributed by atoms with Crippen molar-refractivity contribution < 1.29 is 14.6 Å². The molecule has 0 fully saturated rings. The van der Waals surface area contributed by atoms with Gasteiger partial charge in [0.05, 0.1) is 23.8 Å². The molecule has 4 nitrogen and oxygen atoms in total. The molecule has 100 valence electrons. The Hall–Kier alpha value is -2.16. The lowest BCUT2D eigenvalue weighted by Gasteiger charge is -2.10. The highest BCUT2D eigenvalue weighted by Gasteiger charge is 2.07. The molecule has 0 aromatic heterocycles. The minimum atomic E-state index is -0.119. The third kappa shape index (κ3) is 3.05. The van der Waals surface area contributed by atoms with E-state index in [0.29, 0.717) is 34.5 Å². The second-order valence-electron chi connectivity index (χ2n) is 4.00. The summed E-state index contributed by atoms with van der Waals surface area (Å²) in [4.78, 5) is 11.0. The Labute approximate surface area is 124 Å². The van der Waals surface area contributed by atoms with E-state index < -0.39 is 0 Å². The van der Waals surface area contributed by atoms with Gasteiger partial charge in [0, 0.05) is 4.47 Å². The van der Waals surface area contributed by atoms with Crippen LogP contribution >= 0.6 is 15.9 Å². The summed E-state index contributed by atoms with van der Waals surface area (Å²) in [5.74, 6) is 0.871. The molecule has 20 heavy (non-hydrogen) atoms. The smallest absolute Gasteiger partial charge is 0.153 e. The predicted octanol–water partition coefficient (Wildman–Crippen LogP) is 3.42. The zero-order chi connectivity index (χ0) is 14.5. The lowest BCUT2D eigenvalue weighted by Crippen LogP contribution is -1.93. The Kier molecular flexibility index (Phi) is 4.51. The Morgan fingerprint density at radius 2 is 2.10 bits per heavy atom. The van der Waals surface area contributed by atoms with Crippen LogP contribution in [0.1, 0.15) is 21.5 Å². The highest BCUT2D eigenvalue weighted by Crippen LogP contribution is 2.28.